The highest BCUT2D eigenvalue weighted by atomic mass is 16.5. The summed E-state index contributed by atoms with van der Waals surface area (Å²) in [7, 11) is 0. The number of nitrogens with one attached hydrogen (secondary N) is 1. The number of hydrogen-bond donors (Lipinski definition) is 1. The molecule has 1 rings (SSSR count). The van der Waals surface area contributed by atoms with Gasteiger partial charge < -0.3 is 4.74 Å². The Bertz CT molecular complexity index is 215. The Morgan fingerprint density at radius 1 is 1.46 bits per heavy atom. The molecule has 1 fully saturated rings. The first-order valence-corrected chi connectivity index (χ1v) is 4.68. The van der Waals surface area contributed by atoms with E-state index < -0.39 is 0 Å². The highest BCUT2D eigenvalue weighted by Gasteiger charge is 2.38. The third-order valence-corrected chi connectivity index (χ3v) is 2.19. The third kappa shape index (κ3) is 2.51. The minimum atomic E-state index is -0.356. The zero-order chi connectivity index (χ0) is 10.3. The molecule has 0 saturated carbocycles. The van der Waals surface area contributed by atoms with Gasteiger partial charge in [0.2, 0.25) is 0 Å². The van der Waals surface area contributed by atoms with E-state index in [1.165, 1.54) is 0 Å². The van der Waals surface area contributed by atoms with Crippen molar-refractivity contribution in [2.24, 2.45) is 5.41 Å². The fourth-order valence-electron chi connectivity index (χ4n) is 1.46. The van der Waals surface area contributed by atoms with Crippen molar-refractivity contribution >= 4 is 5.78 Å². The summed E-state index contributed by atoms with van der Waals surface area (Å²) in [6.45, 7) is 10.2. The monoisotopic (exact) mass is 185 g/mol. The molecule has 13 heavy (non-hydrogen) atoms. The lowest BCUT2D eigenvalue weighted by atomic mass is 9.87. The van der Waals surface area contributed by atoms with Crippen molar-refractivity contribution in [3.8, 4) is 0 Å². The topological polar surface area (TPSA) is 38.3 Å². The van der Waals surface area contributed by atoms with Crippen LogP contribution < -0.4 is 5.32 Å². The van der Waals surface area contributed by atoms with Gasteiger partial charge in [0.05, 0.1) is 12.6 Å². The molecule has 0 spiro atoms. The quantitative estimate of drug-likeness (QED) is 0.669. The van der Waals surface area contributed by atoms with Gasteiger partial charge in [-0.2, -0.15) is 0 Å². The molecule has 1 aliphatic heterocycles. The molecule has 0 aromatic heterocycles. The molecule has 1 aliphatic rings. The lowest BCUT2D eigenvalue weighted by Crippen LogP contribution is -2.46. The van der Waals surface area contributed by atoms with E-state index in [1.54, 1.807) is 0 Å². The zero-order valence-electron chi connectivity index (χ0n) is 9.10. The van der Waals surface area contributed by atoms with Crippen molar-refractivity contribution in [2.45, 2.75) is 46.4 Å². The highest BCUT2D eigenvalue weighted by molar-refractivity contribution is 5.89. The summed E-state index contributed by atoms with van der Waals surface area (Å²) in [6, 6.07) is -0.144. The average molecular weight is 185 g/mol. The van der Waals surface area contributed by atoms with Crippen molar-refractivity contribution in [3.63, 3.8) is 0 Å². The van der Waals surface area contributed by atoms with E-state index in [-0.39, 0.29) is 23.0 Å². The van der Waals surface area contributed by atoms with Gasteiger partial charge in [-0.25, -0.2) is 0 Å². The van der Waals surface area contributed by atoms with Crippen LogP contribution in [0.4, 0.5) is 0 Å². The van der Waals surface area contributed by atoms with Gasteiger partial charge in [0, 0.05) is 5.41 Å². The highest BCUT2D eigenvalue weighted by Crippen LogP contribution is 2.22. The number of ether oxygens (including phenoxy) is 1. The van der Waals surface area contributed by atoms with Crippen LogP contribution in [0.1, 0.15) is 34.6 Å². The van der Waals surface area contributed by atoms with E-state index >= 15 is 0 Å². The largest absolute Gasteiger partial charge is 0.359 e. The molecule has 76 valence electrons. The predicted octanol–water partition coefficient (Wildman–Crippen LogP) is 1.33. The second kappa shape index (κ2) is 3.07. The van der Waals surface area contributed by atoms with E-state index in [9.17, 15) is 4.79 Å². The molecule has 0 radical (unpaired) electrons. The molecule has 3 nitrogen and oxygen atoms in total. The van der Waals surface area contributed by atoms with Gasteiger partial charge in [0.25, 0.3) is 0 Å². The molecule has 1 unspecified atom stereocenters. The Hall–Kier alpha value is -0.410. The van der Waals surface area contributed by atoms with Gasteiger partial charge in [-0.3, -0.25) is 10.1 Å². The standard InChI is InChI=1S/C10H19NO2/c1-9(2,3)8(12)7-6-13-10(4,5)11-7/h7,11H,6H2,1-5H3. The molecule has 0 aromatic rings. The Balaban J connectivity index is 2.62. The van der Waals surface area contributed by atoms with Crippen LogP contribution in [0.2, 0.25) is 0 Å². The van der Waals surface area contributed by atoms with E-state index in [0.717, 1.165) is 0 Å². The summed E-state index contributed by atoms with van der Waals surface area (Å²) in [4.78, 5) is 11.8. The Morgan fingerprint density at radius 2 is 2.00 bits per heavy atom. The molecule has 0 bridgehead atoms. The second-order valence-electron chi connectivity index (χ2n) is 5.13. The van der Waals surface area contributed by atoms with Crippen LogP contribution in [0.25, 0.3) is 0 Å². The van der Waals surface area contributed by atoms with Crippen molar-refractivity contribution in [1.82, 2.24) is 5.32 Å². The maximum atomic E-state index is 11.8. The van der Waals surface area contributed by atoms with E-state index in [2.05, 4.69) is 5.32 Å². The van der Waals surface area contributed by atoms with Gasteiger partial charge in [-0.1, -0.05) is 20.8 Å². The lowest BCUT2D eigenvalue weighted by molar-refractivity contribution is -0.128. The van der Waals surface area contributed by atoms with Gasteiger partial charge in [-0.05, 0) is 13.8 Å². The van der Waals surface area contributed by atoms with Crippen LogP contribution in [0.5, 0.6) is 0 Å². The summed E-state index contributed by atoms with van der Waals surface area (Å²) in [5.41, 5.74) is -0.646. The van der Waals surface area contributed by atoms with Crippen molar-refractivity contribution < 1.29 is 9.53 Å². The first-order valence-electron chi connectivity index (χ1n) is 4.68. The number of carbonyl (C=O) groups excluding carboxylic acids is 1. The number of carbonyl (C=O) groups is 1. The van der Waals surface area contributed by atoms with Crippen LogP contribution in [-0.2, 0) is 9.53 Å². The third-order valence-electron chi connectivity index (χ3n) is 2.19. The number of rotatable bonds is 1. The predicted molar refractivity (Wildman–Crippen MR) is 51.4 cm³/mol. The fourth-order valence-corrected chi connectivity index (χ4v) is 1.46. The Morgan fingerprint density at radius 3 is 2.31 bits per heavy atom. The average Bonchev–Trinajstić information content (AvgIpc) is 2.26. The zero-order valence-corrected chi connectivity index (χ0v) is 9.10. The normalized spacial score (nSPS) is 27.6. The van der Waals surface area contributed by atoms with Crippen molar-refractivity contribution in [2.75, 3.05) is 6.61 Å². The molecular formula is C10H19NO2. The Kier molecular flexibility index (Phi) is 2.52. The molecule has 1 saturated heterocycles. The molecule has 0 aromatic carbocycles. The second-order valence-corrected chi connectivity index (χ2v) is 5.13. The number of ketones is 1. The maximum absolute atomic E-state index is 11.8. The van der Waals surface area contributed by atoms with Gasteiger partial charge in [-0.15, -0.1) is 0 Å². The number of hydrogen-bond acceptors (Lipinski definition) is 3. The minimum absolute atomic E-state index is 0.144. The lowest BCUT2D eigenvalue weighted by Gasteiger charge is -2.22. The molecule has 1 atom stereocenters. The van der Waals surface area contributed by atoms with E-state index in [4.69, 9.17) is 4.74 Å². The molecule has 3 heteroatoms. The van der Waals surface area contributed by atoms with Crippen LogP contribution in [0.3, 0.4) is 0 Å². The first-order chi connectivity index (χ1) is 5.72. The molecule has 0 amide bonds. The SMILES string of the molecule is CC1(C)NC(C(=O)C(C)(C)C)CO1. The van der Waals surface area contributed by atoms with Crippen LogP contribution in [-0.4, -0.2) is 24.2 Å². The number of Topliss-reactive ketones (excluding diaryl/α,β-unsaturated/α-hetero) is 1. The molecule has 1 heterocycles. The van der Waals surface area contributed by atoms with Gasteiger partial charge in [0.1, 0.15) is 5.72 Å². The summed E-state index contributed by atoms with van der Waals surface area (Å²) in [6.07, 6.45) is 0. The smallest absolute Gasteiger partial charge is 0.157 e. The summed E-state index contributed by atoms with van der Waals surface area (Å²) < 4.78 is 5.44. The van der Waals surface area contributed by atoms with Crippen LogP contribution in [0.15, 0.2) is 0 Å². The van der Waals surface area contributed by atoms with Crippen molar-refractivity contribution in [3.05, 3.63) is 0 Å². The molecule has 0 aliphatic carbocycles. The fraction of sp³-hybridized carbons (Fsp3) is 0.900. The van der Waals surface area contributed by atoms with Crippen LogP contribution in [0, 0.1) is 5.41 Å². The minimum Gasteiger partial charge on any atom is -0.359 e. The van der Waals surface area contributed by atoms with Gasteiger partial charge >= 0.3 is 0 Å². The maximum Gasteiger partial charge on any atom is 0.157 e. The van der Waals surface area contributed by atoms with Gasteiger partial charge in [0.15, 0.2) is 5.78 Å². The summed E-state index contributed by atoms with van der Waals surface area (Å²) >= 11 is 0. The first kappa shape index (κ1) is 10.7. The van der Waals surface area contributed by atoms with Crippen molar-refractivity contribution in [1.29, 1.82) is 0 Å². The molecular weight excluding hydrogens is 166 g/mol. The van der Waals surface area contributed by atoms with E-state index in [1.807, 2.05) is 34.6 Å². The van der Waals surface area contributed by atoms with Crippen LogP contribution >= 0.6 is 0 Å². The Labute approximate surface area is 79.8 Å². The van der Waals surface area contributed by atoms with E-state index in [0.29, 0.717) is 6.61 Å². The molecule has 1 N–H and O–H groups in total. The summed E-state index contributed by atoms with van der Waals surface area (Å²) in [5, 5.41) is 3.16. The summed E-state index contributed by atoms with van der Waals surface area (Å²) in [5.74, 6) is 0.220.